The van der Waals surface area contributed by atoms with Gasteiger partial charge in [0.2, 0.25) is 0 Å². The first-order chi connectivity index (χ1) is 8.32. The van der Waals surface area contributed by atoms with Crippen LogP contribution in [0.3, 0.4) is 0 Å². The van der Waals surface area contributed by atoms with Crippen LogP contribution >= 0.6 is 0 Å². The van der Waals surface area contributed by atoms with E-state index in [9.17, 15) is 15.0 Å². The molecule has 0 bridgehead atoms. The molecule has 2 aliphatic carbocycles. The summed E-state index contributed by atoms with van der Waals surface area (Å²) in [5.74, 6) is 0.694. The standard InChI is InChI=1S/C15H24O3/c1-10-6-13(17)7-11(2)15(10)5-4-12(8-15)14(3,18)9-16/h6,11-12,16,18H,4-5,7-9H2,1-3H3/t11-,12?,14-,15-/m1/s1. The number of ketones is 1. The van der Waals surface area contributed by atoms with Gasteiger partial charge in [0.05, 0.1) is 12.2 Å². The highest BCUT2D eigenvalue weighted by Gasteiger charge is 2.50. The molecule has 1 spiro atoms. The van der Waals surface area contributed by atoms with Gasteiger partial charge in [0, 0.05) is 6.42 Å². The van der Waals surface area contributed by atoms with Crippen LogP contribution in [0.2, 0.25) is 0 Å². The summed E-state index contributed by atoms with van der Waals surface area (Å²) >= 11 is 0. The fourth-order valence-corrected chi connectivity index (χ4v) is 3.87. The summed E-state index contributed by atoms with van der Waals surface area (Å²) in [4.78, 5) is 11.6. The van der Waals surface area contributed by atoms with Gasteiger partial charge in [-0.25, -0.2) is 0 Å². The van der Waals surface area contributed by atoms with Gasteiger partial charge in [-0.2, -0.15) is 0 Å². The molecule has 2 aliphatic rings. The summed E-state index contributed by atoms with van der Waals surface area (Å²) in [6.07, 6.45) is 5.24. The van der Waals surface area contributed by atoms with Crippen LogP contribution < -0.4 is 0 Å². The van der Waals surface area contributed by atoms with Crippen LogP contribution in [-0.2, 0) is 4.79 Å². The van der Waals surface area contributed by atoms with Crippen molar-refractivity contribution in [3.05, 3.63) is 11.6 Å². The number of carbonyl (C=O) groups excluding carboxylic acids is 1. The molecular formula is C15H24O3. The van der Waals surface area contributed by atoms with Crippen LogP contribution in [-0.4, -0.2) is 28.2 Å². The van der Waals surface area contributed by atoms with Crippen molar-refractivity contribution in [2.24, 2.45) is 17.3 Å². The van der Waals surface area contributed by atoms with Crippen molar-refractivity contribution in [1.29, 1.82) is 0 Å². The van der Waals surface area contributed by atoms with E-state index in [0.29, 0.717) is 12.3 Å². The first-order valence-corrected chi connectivity index (χ1v) is 6.86. The molecule has 1 saturated carbocycles. The van der Waals surface area contributed by atoms with Gasteiger partial charge in [-0.05, 0) is 56.4 Å². The minimum Gasteiger partial charge on any atom is -0.393 e. The molecule has 4 atom stereocenters. The lowest BCUT2D eigenvalue weighted by Gasteiger charge is -2.40. The Morgan fingerprint density at radius 1 is 1.56 bits per heavy atom. The van der Waals surface area contributed by atoms with E-state index in [1.54, 1.807) is 13.0 Å². The van der Waals surface area contributed by atoms with Gasteiger partial charge in [0.15, 0.2) is 5.78 Å². The number of carbonyl (C=O) groups is 1. The van der Waals surface area contributed by atoms with Crippen molar-refractivity contribution < 1.29 is 15.0 Å². The molecule has 2 N–H and O–H groups in total. The molecule has 3 heteroatoms. The summed E-state index contributed by atoms with van der Waals surface area (Å²) < 4.78 is 0. The Hall–Kier alpha value is -0.670. The fraction of sp³-hybridized carbons (Fsp3) is 0.800. The molecule has 0 heterocycles. The second-order valence-corrected chi connectivity index (χ2v) is 6.51. The normalized spacial score (nSPS) is 39.8. The fourth-order valence-electron chi connectivity index (χ4n) is 3.87. The van der Waals surface area contributed by atoms with Crippen LogP contribution in [0.25, 0.3) is 0 Å². The molecule has 18 heavy (non-hydrogen) atoms. The smallest absolute Gasteiger partial charge is 0.155 e. The van der Waals surface area contributed by atoms with Crippen LogP contribution in [0.5, 0.6) is 0 Å². The molecule has 0 radical (unpaired) electrons. The number of allylic oxidation sites excluding steroid dienone is 2. The maximum absolute atomic E-state index is 11.6. The van der Waals surface area contributed by atoms with Gasteiger partial charge >= 0.3 is 0 Å². The Morgan fingerprint density at radius 2 is 2.22 bits per heavy atom. The van der Waals surface area contributed by atoms with Crippen molar-refractivity contribution >= 4 is 5.78 Å². The van der Waals surface area contributed by atoms with Gasteiger partial charge in [-0.3, -0.25) is 4.79 Å². The highest BCUT2D eigenvalue weighted by Crippen LogP contribution is 2.56. The number of hydrogen-bond acceptors (Lipinski definition) is 3. The summed E-state index contributed by atoms with van der Waals surface area (Å²) in [5, 5.41) is 19.5. The van der Waals surface area contributed by atoms with Gasteiger partial charge in [-0.1, -0.05) is 12.5 Å². The topological polar surface area (TPSA) is 57.5 Å². The molecule has 0 aromatic rings. The van der Waals surface area contributed by atoms with Crippen molar-refractivity contribution in [1.82, 2.24) is 0 Å². The van der Waals surface area contributed by atoms with Crippen molar-refractivity contribution in [3.8, 4) is 0 Å². The average Bonchev–Trinajstić information content (AvgIpc) is 2.73. The molecule has 0 amide bonds. The largest absolute Gasteiger partial charge is 0.393 e. The molecule has 0 aromatic carbocycles. The molecule has 102 valence electrons. The number of aliphatic hydroxyl groups excluding tert-OH is 1. The summed E-state index contributed by atoms with van der Waals surface area (Å²) in [7, 11) is 0. The SMILES string of the molecule is CC1=CC(=O)C[C@@H](C)[C@@]12CCC([C@](C)(O)CO)C2. The second-order valence-electron chi connectivity index (χ2n) is 6.51. The van der Waals surface area contributed by atoms with E-state index in [0.717, 1.165) is 19.3 Å². The molecule has 0 aliphatic heterocycles. The highest BCUT2D eigenvalue weighted by molar-refractivity contribution is 5.91. The second kappa shape index (κ2) is 4.46. The van der Waals surface area contributed by atoms with Gasteiger partial charge < -0.3 is 10.2 Å². The third-order valence-electron chi connectivity index (χ3n) is 5.36. The maximum Gasteiger partial charge on any atom is 0.155 e. The number of rotatable bonds is 2. The Bertz CT molecular complexity index is 383. The Balaban J connectivity index is 2.25. The van der Waals surface area contributed by atoms with E-state index in [4.69, 9.17) is 0 Å². The van der Waals surface area contributed by atoms with Crippen LogP contribution in [0.15, 0.2) is 11.6 Å². The Kier molecular flexibility index (Phi) is 3.41. The monoisotopic (exact) mass is 252 g/mol. The van der Waals surface area contributed by atoms with Gasteiger partial charge in [-0.15, -0.1) is 0 Å². The first kappa shape index (κ1) is 13.8. The van der Waals surface area contributed by atoms with E-state index in [2.05, 4.69) is 6.92 Å². The minimum atomic E-state index is -0.995. The quantitative estimate of drug-likeness (QED) is 0.791. The zero-order valence-corrected chi connectivity index (χ0v) is 11.6. The predicted molar refractivity (Wildman–Crippen MR) is 70.0 cm³/mol. The van der Waals surface area contributed by atoms with E-state index in [1.807, 2.05) is 6.92 Å². The van der Waals surface area contributed by atoms with Crippen LogP contribution in [0, 0.1) is 17.3 Å². The van der Waals surface area contributed by atoms with Crippen molar-refractivity contribution in [3.63, 3.8) is 0 Å². The Morgan fingerprint density at radius 3 is 2.78 bits per heavy atom. The summed E-state index contributed by atoms with van der Waals surface area (Å²) in [6.45, 7) is 5.71. The molecule has 3 nitrogen and oxygen atoms in total. The Labute approximate surface area is 109 Å². The molecule has 1 fully saturated rings. The predicted octanol–water partition coefficient (Wildman–Crippen LogP) is 2.07. The zero-order valence-electron chi connectivity index (χ0n) is 11.6. The molecule has 0 saturated heterocycles. The lowest BCUT2D eigenvalue weighted by molar-refractivity contribution is -0.117. The maximum atomic E-state index is 11.6. The van der Waals surface area contributed by atoms with Crippen molar-refractivity contribution in [2.75, 3.05) is 6.61 Å². The molecule has 1 unspecified atom stereocenters. The molecule has 0 aromatic heterocycles. The van der Waals surface area contributed by atoms with E-state index >= 15 is 0 Å². The lowest BCUT2D eigenvalue weighted by atomic mass is 9.64. The van der Waals surface area contributed by atoms with Gasteiger partial charge in [0.25, 0.3) is 0 Å². The van der Waals surface area contributed by atoms with E-state index in [1.165, 1.54) is 5.57 Å². The first-order valence-electron chi connectivity index (χ1n) is 6.86. The lowest BCUT2D eigenvalue weighted by Crippen LogP contribution is -2.39. The number of aliphatic hydroxyl groups is 2. The van der Waals surface area contributed by atoms with Crippen molar-refractivity contribution in [2.45, 2.75) is 52.1 Å². The van der Waals surface area contributed by atoms with Crippen LogP contribution in [0.1, 0.15) is 46.5 Å². The third kappa shape index (κ3) is 2.04. The van der Waals surface area contributed by atoms with Gasteiger partial charge in [0.1, 0.15) is 0 Å². The third-order valence-corrected chi connectivity index (χ3v) is 5.36. The summed E-state index contributed by atoms with van der Waals surface area (Å²) in [5.41, 5.74) is 0.241. The molecular weight excluding hydrogens is 228 g/mol. The van der Waals surface area contributed by atoms with E-state index in [-0.39, 0.29) is 23.7 Å². The minimum absolute atomic E-state index is 0.0672. The highest BCUT2D eigenvalue weighted by atomic mass is 16.3. The number of hydrogen-bond donors (Lipinski definition) is 2. The van der Waals surface area contributed by atoms with Crippen LogP contribution in [0.4, 0.5) is 0 Å². The average molecular weight is 252 g/mol. The summed E-state index contributed by atoms with van der Waals surface area (Å²) in [6, 6.07) is 0. The molecule has 2 rings (SSSR count). The zero-order chi connectivity index (χ0) is 13.6. The van der Waals surface area contributed by atoms with E-state index < -0.39 is 5.60 Å².